The number of hydrogen-bond acceptors (Lipinski definition) is 3. The number of carbonyl (C=O) groups is 2. The maximum Gasteiger partial charge on any atom is 0.269 e. The van der Waals surface area contributed by atoms with Gasteiger partial charge in [0.15, 0.2) is 0 Å². The minimum absolute atomic E-state index is 0.0396. The maximum atomic E-state index is 11.9. The Labute approximate surface area is 203 Å². The highest BCUT2D eigenvalue weighted by molar-refractivity contribution is 5.92. The number of nitrogens with one attached hydrogen (secondary N) is 2. The van der Waals surface area contributed by atoms with Crippen LogP contribution in [0, 0.1) is 6.92 Å². The van der Waals surface area contributed by atoms with E-state index in [-0.39, 0.29) is 11.9 Å². The summed E-state index contributed by atoms with van der Waals surface area (Å²) in [4.78, 5) is 31.7. The van der Waals surface area contributed by atoms with E-state index in [1.807, 2.05) is 33.0 Å². The van der Waals surface area contributed by atoms with E-state index in [0.29, 0.717) is 18.7 Å². The molecule has 1 aromatic carbocycles. The average Bonchev–Trinajstić information content (AvgIpc) is 3.35. The highest BCUT2D eigenvalue weighted by atomic mass is 16.2. The predicted octanol–water partition coefficient (Wildman–Crippen LogP) is 5.68. The number of carbonyl (C=O) groups excluding carboxylic acids is 2. The number of rotatable bonds is 9. The molecule has 0 saturated carbocycles. The molecule has 2 N–H and O–H groups in total. The lowest BCUT2D eigenvalue weighted by Gasteiger charge is -2.25. The molecular weight excluding hydrogens is 424 g/mol. The summed E-state index contributed by atoms with van der Waals surface area (Å²) in [7, 11) is 1.75. The molecule has 1 atom stereocenters. The molecular formula is C28H38N4O2. The van der Waals surface area contributed by atoms with Gasteiger partial charge >= 0.3 is 0 Å². The van der Waals surface area contributed by atoms with E-state index < -0.39 is 0 Å². The average molecular weight is 463 g/mol. The van der Waals surface area contributed by atoms with Crippen LogP contribution in [0.15, 0.2) is 79.2 Å². The van der Waals surface area contributed by atoms with Gasteiger partial charge in [-0.05, 0) is 56.5 Å². The minimum atomic E-state index is -0.202. The number of fused-ring (bicyclic) bond motifs is 1. The van der Waals surface area contributed by atoms with E-state index in [0.717, 1.165) is 18.4 Å². The molecule has 0 unspecified atom stereocenters. The predicted molar refractivity (Wildman–Crippen MR) is 142 cm³/mol. The lowest BCUT2D eigenvalue weighted by molar-refractivity contribution is -0.118. The number of nitrogens with zero attached hydrogens (tertiary/aromatic N) is 2. The largest absolute Gasteiger partial charge is 0.361 e. The summed E-state index contributed by atoms with van der Waals surface area (Å²) in [6, 6.07) is 13.6. The van der Waals surface area contributed by atoms with Crippen LogP contribution in [0.3, 0.4) is 0 Å². The van der Waals surface area contributed by atoms with Crippen molar-refractivity contribution in [1.29, 1.82) is 0 Å². The first kappa shape index (κ1) is 28.4. The van der Waals surface area contributed by atoms with Crippen LogP contribution >= 0.6 is 0 Å². The number of amides is 2. The first-order chi connectivity index (χ1) is 16.5. The van der Waals surface area contributed by atoms with E-state index in [2.05, 4.69) is 53.1 Å². The number of benzene rings is 1. The summed E-state index contributed by atoms with van der Waals surface area (Å²) in [5, 5.41) is 4.15. The number of H-pyrrole nitrogens is 1. The van der Waals surface area contributed by atoms with E-state index in [1.54, 1.807) is 42.4 Å². The van der Waals surface area contributed by atoms with Gasteiger partial charge in [0.1, 0.15) is 5.69 Å². The second kappa shape index (κ2) is 16.0. The SMILES string of the molecule is C=C/C=C(\C)C[C@@H](CCNC(=O)c1ccccn1)N(C)C=O.CC.Cc1cccc2[nH]ccc12. The summed E-state index contributed by atoms with van der Waals surface area (Å²) in [5.74, 6) is -0.202. The lowest BCUT2D eigenvalue weighted by Crippen LogP contribution is -2.35. The smallest absolute Gasteiger partial charge is 0.269 e. The van der Waals surface area contributed by atoms with Crippen LogP contribution in [0.4, 0.5) is 0 Å². The molecule has 3 rings (SSSR count). The summed E-state index contributed by atoms with van der Waals surface area (Å²) >= 11 is 0. The van der Waals surface area contributed by atoms with Crippen molar-refractivity contribution in [1.82, 2.24) is 20.2 Å². The number of aromatic amines is 1. The molecule has 3 aromatic rings. The zero-order chi connectivity index (χ0) is 25.3. The van der Waals surface area contributed by atoms with Gasteiger partial charge in [-0.25, -0.2) is 0 Å². The topological polar surface area (TPSA) is 78.1 Å². The van der Waals surface area contributed by atoms with E-state index in [9.17, 15) is 9.59 Å². The van der Waals surface area contributed by atoms with Crippen molar-refractivity contribution in [3.63, 3.8) is 0 Å². The molecule has 182 valence electrons. The fraction of sp³-hybridized carbons (Fsp3) is 0.321. The van der Waals surface area contributed by atoms with Crippen LogP contribution in [0.5, 0.6) is 0 Å². The normalized spacial score (nSPS) is 11.3. The number of aromatic nitrogens is 2. The van der Waals surface area contributed by atoms with Crippen LogP contribution < -0.4 is 5.32 Å². The molecule has 6 heteroatoms. The van der Waals surface area contributed by atoms with Gasteiger partial charge in [-0.1, -0.05) is 56.4 Å². The summed E-state index contributed by atoms with van der Waals surface area (Å²) in [6.45, 7) is 12.3. The molecule has 6 nitrogen and oxygen atoms in total. The van der Waals surface area contributed by atoms with Crippen LogP contribution in [0.1, 0.15) is 49.7 Å². The number of allylic oxidation sites excluding steroid dienone is 2. The molecule has 2 amide bonds. The Kier molecular flexibility index (Phi) is 13.4. The third kappa shape index (κ3) is 9.45. The summed E-state index contributed by atoms with van der Waals surface area (Å²) in [6.07, 6.45) is 9.45. The van der Waals surface area contributed by atoms with Crippen LogP contribution in [0.2, 0.25) is 0 Å². The molecule has 0 saturated heterocycles. The van der Waals surface area contributed by atoms with Crippen LogP contribution in [0.25, 0.3) is 10.9 Å². The van der Waals surface area contributed by atoms with Gasteiger partial charge in [0.25, 0.3) is 5.91 Å². The lowest BCUT2D eigenvalue weighted by atomic mass is 10.0. The standard InChI is InChI=1S/C17H23N3O2.C9H9N.C2H6/c1-4-7-14(2)12-15(20(3)13-21)9-11-19-17(22)16-8-5-6-10-18-16;1-7-3-2-4-9-8(7)5-6-10-9;1-2/h4-8,10,13,15H,1,9,11-12H2,2-3H3,(H,19,22);2-6,10H,1H3;1-2H3/b14-7+;;/t15-;;/m1../s1. The first-order valence-corrected chi connectivity index (χ1v) is 11.6. The highest BCUT2D eigenvalue weighted by Gasteiger charge is 2.14. The monoisotopic (exact) mass is 462 g/mol. The van der Waals surface area contributed by atoms with Crippen molar-refractivity contribution in [2.24, 2.45) is 0 Å². The molecule has 2 aromatic heterocycles. The van der Waals surface area contributed by atoms with Gasteiger partial charge in [0.05, 0.1) is 0 Å². The minimum Gasteiger partial charge on any atom is -0.361 e. The summed E-state index contributed by atoms with van der Waals surface area (Å²) in [5.41, 5.74) is 4.09. The van der Waals surface area contributed by atoms with E-state index in [1.165, 1.54) is 16.5 Å². The Hall–Kier alpha value is -3.67. The number of aryl methyl sites for hydroxylation is 1. The van der Waals surface area contributed by atoms with Crippen molar-refractivity contribution < 1.29 is 9.59 Å². The van der Waals surface area contributed by atoms with Gasteiger partial charge < -0.3 is 15.2 Å². The maximum absolute atomic E-state index is 11.9. The molecule has 0 aliphatic rings. The molecule has 0 aliphatic heterocycles. The zero-order valence-electron chi connectivity index (χ0n) is 21.0. The second-order valence-electron chi connectivity index (χ2n) is 7.65. The van der Waals surface area contributed by atoms with Crippen molar-refractivity contribution in [3.05, 3.63) is 90.4 Å². The number of hydrogen-bond donors (Lipinski definition) is 2. The fourth-order valence-corrected chi connectivity index (χ4v) is 3.36. The van der Waals surface area contributed by atoms with E-state index >= 15 is 0 Å². The Morgan fingerprint density at radius 2 is 1.97 bits per heavy atom. The fourth-order valence-electron chi connectivity index (χ4n) is 3.36. The quantitative estimate of drug-likeness (QED) is 0.317. The van der Waals surface area contributed by atoms with Gasteiger partial charge in [-0.3, -0.25) is 14.6 Å². The Bertz CT molecular complexity index is 1040. The van der Waals surface area contributed by atoms with Gasteiger partial charge in [-0.15, -0.1) is 0 Å². The van der Waals surface area contributed by atoms with Crippen molar-refractivity contribution >= 4 is 23.2 Å². The molecule has 0 radical (unpaired) electrons. The Morgan fingerprint density at radius 3 is 2.59 bits per heavy atom. The van der Waals surface area contributed by atoms with Crippen molar-refractivity contribution in [3.8, 4) is 0 Å². The van der Waals surface area contributed by atoms with Gasteiger partial charge in [0.2, 0.25) is 6.41 Å². The van der Waals surface area contributed by atoms with Gasteiger partial charge in [-0.2, -0.15) is 0 Å². The molecule has 2 heterocycles. The first-order valence-electron chi connectivity index (χ1n) is 11.6. The molecule has 0 bridgehead atoms. The zero-order valence-corrected chi connectivity index (χ0v) is 21.0. The third-order valence-electron chi connectivity index (χ3n) is 5.18. The Balaban J connectivity index is 0.000000395. The second-order valence-corrected chi connectivity index (χ2v) is 7.65. The van der Waals surface area contributed by atoms with Crippen molar-refractivity contribution in [2.75, 3.05) is 13.6 Å². The molecule has 34 heavy (non-hydrogen) atoms. The van der Waals surface area contributed by atoms with Crippen molar-refractivity contribution in [2.45, 2.75) is 46.6 Å². The van der Waals surface area contributed by atoms with Crippen LogP contribution in [-0.4, -0.2) is 46.8 Å². The number of pyridine rings is 1. The highest BCUT2D eigenvalue weighted by Crippen LogP contribution is 2.15. The summed E-state index contributed by atoms with van der Waals surface area (Å²) < 4.78 is 0. The van der Waals surface area contributed by atoms with Crippen LogP contribution in [-0.2, 0) is 4.79 Å². The molecule has 0 fully saturated rings. The van der Waals surface area contributed by atoms with E-state index in [4.69, 9.17) is 0 Å². The molecule has 0 aliphatic carbocycles. The Morgan fingerprint density at radius 1 is 1.21 bits per heavy atom. The van der Waals surface area contributed by atoms with Gasteiger partial charge in [0, 0.05) is 42.9 Å². The molecule has 0 spiro atoms. The third-order valence-corrected chi connectivity index (χ3v) is 5.18.